The van der Waals surface area contributed by atoms with E-state index in [0.29, 0.717) is 6.54 Å². The van der Waals surface area contributed by atoms with Crippen LogP contribution in [-0.2, 0) is 4.79 Å². The van der Waals surface area contributed by atoms with Crippen molar-refractivity contribution in [3.05, 3.63) is 23.8 Å². The second-order valence-electron chi connectivity index (χ2n) is 6.05. The van der Waals surface area contributed by atoms with E-state index in [0.717, 1.165) is 16.9 Å². The van der Waals surface area contributed by atoms with Crippen molar-refractivity contribution in [3.63, 3.8) is 0 Å². The largest absolute Gasteiger partial charge is 0.378 e. The molecular formula is C15H25N3O. The quantitative estimate of drug-likeness (QED) is 0.876. The van der Waals surface area contributed by atoms with Crippen LogP contribution in [0.5, 0.6) is 0 Å². The lowest BCUT2D eigenvalue weighted by atomic mass is 10.1. The van der Waals surface area contributed by atoms with Crippen molar-refractivity contribution in [1.29, 1.82) is 0 Å². The lowest BCUT2D eigenvalue weighted by Gasteiger charge is -2.20. The zero-order valence-corrected chi connectivity index (χ0v) is 12.8. The van der Waals surface area contributed by atoms with E-state index in [1.54, 1.807) is 0 Å². The van der Waals surface area contributed by atoms with Crippen LogP contribution in [0.25, 0.3) is 0 Å². The number of aryl methyl sites for hydroxylation is 1. The van der Waals surface area contributed by atoms with E-state index in [-0.39, 0.29) is 11.4 Å². The van der Waals surface area contributed by atoms with Crippen LogP contribution < -0.4 is 15.5 Å². The second kappa shape index (κ2) is 6.06. The highest BCUT2D eigenvalue weighted by Gasteiger charge is 2.12. The fourth-order valence-electron chi connectivity index (χ4n) is 1.61. The highest BCUT2D eigenvalue weighted by molar-refractivity contribution is 5.93. The highest BCUT2D eigenvalue weighted by atomic mass is 16.1. The van der Waals surface area contributed by atoms with Crippen LogP contribution in [0.3, 0.4) is 0 Å². The summed E-state index contributed by atoms with van der Waals surface area (Å²) in [5.41, 5.74) is 3.01. The molecule has 1 aromatic rings. The maximum atomic E-state index is 11.8. The fraction of sp³-hybridized carbons (Fsp3) is 0.533. The molecule has 1 aromatic carbocycles. The molecule has 0 aliphatic heterocycles. The minimum absolute atomic E-state index is 0.0179. The maximum Gasteiger partial charge on any atom is 0.238 e. The third kappa shape index (κ3) is 5.30. The molecule has 0 aliphatic rings. The van der Waals surface area contributed by atoms with Gasteiger partial charge in [0.05, 0.1) is 6.54 Å². The Morgan fingerprint density at radius 3 is 2.37 bits per heavy atom. The van der Waals surface area contributed by atoms with Gasteiger partial charge < -0.3 is 15.5 Å². The SMILES string of the molecule is Cc1cc(N(C)C)ccc1NC(=O)CNC(C)(C)C. The first-order chi connectivity index (χ1) is 8.69. The third-order valence-electron chi connectivity index (χ3n) is 2.78. The van der Waals surface area contributed by atoms with E-state index in [4.69, 9.17) is 0 Å². The third-order valence-corrected chi connectivity index (χ3v) is 2.78. The van der Waals surface area contributed by atoms with Gasteiger partial charge in [0.15, 0.2) is 0 Å². The summed E-state index contributed by atoms with van der Waals surface area (Å²) in [5, 5.41) is 6.10. The Balaban J connectivity index is 2.65. The topological polar surface area (TPSA) is 44.4 Å². The van der Waals surface area contributed by atoms with Gasteiger partial charge in [-0.3, -0.25) is 4.79 Å². The normalized spacial score (nSPS) is 11.3. The summed E-state index contributed by atoms with van der Waals surface area (Å²) in [6.45, 7) is 8.43. The molecule has 4 nitrogen and oxygen atoms in total. The van der Waals surface area contributed by atoms with E-state index in [2.05, 4.69) is 16.7 Å². The first-order valence-corrected chi connectivity index (χ1v) is 6.52. The number of hydrogen-bond acceptors (Lipinski definition) is 3. The second-order valence-corrected chi connectivity index (χ2v) is 6.05. The van der Waals surface area contributed by atoms with Crippen molar-refractivity contribution in [3.8, 4) is 0 Å². The molecular weight excluding hydrogens is 238 g/mol. The number of rotatable bonds is 4. The van der Waals surface area contributed by atoms with Gasteiger partial charge in [0, 0.05) is 31.0 Å². The number of nitrogens with one attached hydrogen (secondary N) is 2. The van der Waals surface area contributed by atoms with E-state index in [1.807, 2.05) is 58.8 Å². The summed E-state index contributed by atoms with van der Waals surface area (Å²) in [6, 6.07) is 6.01. The number of anilines is 2. The number of benzene rings is 1. The number of hydrogen-bond donors (Lipinski definition) is 2. The molecule has 0 aromatic heterocycles. The van der Waals surface area contributed by atoms with Crippen LogP contribution >= 0.6 is 0 Å². The van der Waals surface area contributed by atoms with E-state index in [1.165, 1.54) is 0 Å². The molecule has 19 heavy (non-hydrogen) atoms. The molecule has 0 aliphatic carbocycles. The van der Waals surface area contributed by atoms with Crippen molar-refractivity contribution in [2.24, 2.45) is 0 Å². The molecule has 0 atom stereocenters. The number of amides is 1. The molecule has 0 heterocycles. The van der Waals surface area contributed by atoms with Crippen LogP contribution in [0.2, 0.25) is 0 Å². The fourth-order valence-corrected chi connectivity index (χ4v) is 1.61. The Kier molecular flexibility index (Phi) is 4.95. The zero-order chi connectivity index (χ0) is 14.6. The van der Waals surface area contributed by atoms with Gasteiger partial charge in [-0.05, 0) is 51.5 Å². The monoisotopic (exact) mass is 263 g/mol. The van der Waals surface area contributed by atoms with Gasteiger partial charge >= 0.3 is 0 Å². The Morgan fingerprint density at radius 1 is 1.26 bits per heavy atom. The Hall–Kier alpha value is -1.55. The molecule has 1 amide bonds. The van der Waals surface area contributed by atoms with Gasteiger partial charge in [-0.15, -0.1) is 0 Å². The van der Waals surface area contributed by atoms with Gasteiger partial charge in [0.1, 0.15) is 0 Å². The number of carbonyl (C=O) groups excluding carboxylic acids is 1. The molecule has 106 valence electrons. The minimum atomic E-state index is -0.0544. The average Bonchev–Trinajstić information content (AvgIpc) is 2.28. The highest BCUT2D eigenvalue weighted by Crippen LogP contribution is 2.21. The lowest BCUT2D eigenvalue weighted by molar-refractivity contribution is -0.115. The summed E-state index contributed by atoms with van der Waals surface area (Å²) in [6.07, 6.45) is 0. The summed E-state index contributed by atoms with van der Waals surface area (Å²) in [7, 11) is 4.00. The Bertz CT molecular complexity index is 447. The van der Waals surface area contributed by atoms with Gasteiger partial charge in [-0.2, -0.15) is 0 Å². The first kappa shape index (κ1) is 15.5. The summed E-state index contributed by atoms with van der Waals surface area (Å²) in [4.78, 5) is 13.9. The van der Waals surface area contributed by atoms with Crippen molar-refractivity contribution < 1.29 is 4.79 Å². The van der Waals surface area contributed by atoms with Crippen LogP contribution in [-0.4, -0.2) is 32.1 Å². The Labute approximate surface area is 116 Å². The summed E-state index contributed by atoms with van der Waals surface area (Å²) in [5.74, 6) is -0.0179. The molecule has 0 bridgehead atoms. The molecule has 0 radical (unpaired) electrons. The molecule has 0 unspecified atom stereocenters. The summed E-state index contributed by atoms with van der Waals surface area (Å²) >= 11 is 0. The molecule has 1 rings (SSSR count). The molecule has 0 fully saturated rings. The smallest absolute Gasteiger partial charge is 0.238 e. The zero-order valence-electron chi connectivity index (χ0n) is 12.8. The predicted octanol–water partition coefficient (Wildman–Crippen LogP) is 2.39. The Morgan fingerprint density at radius 2 is 1.89 bits per heavy atom. The van der Waals surface area contributed by atoms with Crippen molar-refractivity contribution >= 4 is 17.3 Å². The lowest BCUT2D eigenvalue weighted by Crippen LogP contribution is -2.41. The van der Waals surface area contributed by atoms with Gasteiger partial charge in [0.2, 0.25) is 5.91 Å². The molecule has 2 N–H and O–H groups in total. The molecule has 0 saturated carbocycles. The average molecular weight is 263 g/mol. The van der Waals surface area contributed by atoms with Crippen LogP contribution in [0, 0.1) is 6.92 Å². The van der Waals surface area contributed by atoms with Gasteiger partial charge in [-0.1, -0.05) is 0 Å². The minimum Gasteiger partial charge on any atom is -0.378 e. The standard InChI is InChI=1S/C15H25N3O/c1-11-9-12(18(5)6)7-8-13(11)17-14(19)10-16-15(2,3)4/h7-9,16H,10H2,1-6H3,(H,17,19). The van der Waals surface area contributed by atoms with Crippen LogP contribution in [0.4, 0.5) is 11.4 Å². The predicted molar refractivity (Wildman–Crippen MR) is 81.9 cm³/mol. The molecule has 0 spiro atoms. The van der Waals surface area contributed by atoms with Crippen LogP contribution in [0.1, 0.15) is 26.3 Å². The van der Waals surface area contributed by atoms with Gasteiger partial charge in [-0.25, -0.2) is 0 Å². The van der Waals surface area contributed by atoms with E-state index < -0.39 is 0 Å². The molecule has 4 heteroatoms. The number of carbonyl (C=O) groups is 1. The van der Waals surface area contributed by atoms with Crippen molar-refractivity contribution in [2.75, 3.05) is 30.9 Å². The first-order valence-electron chi connectivity index (χ1n) is 6.52. The summed E-state index contributed by atoms with van der Waals surface area (Å²) < 4.78 is 0. The maximum absolute atomic E-state index is 11.8. The molecule has 0 saturated heterocycles. The van der Waals surface area contributed by atoms with Crippen molar-refractivity contribution in [1.82, 2.24) is 5.32 Å². The van der Waals surface area contributed by atoms with E-state index >= 15 is 0 Å². The van der Waals surface area contributed by atoms with Crippen molar-refractivity contribution in [2.45, 2.75) is 33.2 Å². The van der Waals surface area contributed by atoms with Crippen LogP contribution in [0.15, 0.2) is 18.2 Å². The van der Waals surface area contributed by atoms with E-state index in [9.17, 15) is 4.79 Å². The van der Waals surface area contributed by atoms with Gasteiger partial charge in [0.25, 0.3) is 0 Å². The number of nitrogens with zero attached hydrogens (tertiary/aromatic N) is 1.